The molecule has 0 aliphatic carbocycles. The molecule has 0 spiro atoms. The lowest BCUT2D eigenvalue weighted by molar-refractivity contribution is 0.378. The van der Waals surface area contributed by atoms with E-state index in [0.717, 1.165) is 25.1 Å². The molecule has 0 atom stereocenters. The fraction of sp³-hybridized carbons (Fsp3) is 0.571. The highest BCUT2D eigenvalue weighted by atomic mass is 32.2. The largest absolute Gasteiger partial charge is 0.309 e. The highest BCUT2D eigenvalue weighted by Gasteiger charge is 2.19. The molecule has 1 aromatic carbocycles. The van der Waals surface area contributed by atoms with Crippen LogP contribution in [-0.4, -0.2) is 15.0 Å². The molecule has 19 heavy (non-hydrogen) atoms. The topological polar surface area (TPSA) is 58.2 Å². The van der Waals surface area contributed by atoms with Gasteiger partial charge in [-0.05, 0) is 35.1 Å². The van der Waals surface area contributed by atoms with E-state index in [1.165, 1.54) is 5.56 Å². The summed E-state index contributed by atoms with van der Waals surface area (Å²) >= 11 is 0. The number of fused-ring (bicyclic) bond motifs is 1. The lowest BCUT2D eigenvalue weighted by Crippen LogP contribution is -2.27. The molecule has 5 heteroatoms. The van der Waals surface area contributed by atoms with Crippen LogP contribution in [0.25, 0.3) is 0 Å². The molecule has 1 aromatic rings. The van der Waals surface area contributed by atoms with Gasteiger partial charge >= 0.3 is 0 Å². The summed E-state index contributed by atoms with van der Waals surface area (Å²) in [5, 5.41) is 3.21. The van der Waals surface area contributed by atoms with Crippen molar-refractivity contribution in [2.45, 2.75) is 45.2 Å². The molecule has 4 nitrogen and oxygen atoms in total. The van der Waals surface area contributed by atoms with Gasteiger partial charge in [-0.1, -0.05) is 26.8 Å². The van der Waals surface area contributed by atoms with Crippen LogP contribution >= 0.6 is 0 Å². The Morgan fingerprint density at radius 1 is 1.21 bits per heavy atom. The van der Waals surface area contributed by atoms with Gasteiger partial charge < -0.3 is 5.32 Å². The van der Waals surface area contributed by atoms with E-state index in [1.54, 1.807) is 12.1 Å². The maximum Gasteiger partial charge on any atom is 0.240 e. The molecule has 1 aliphatic rings. The summed E-state index contributed by atoms with van der Waals surface area (Å²) in [5.74, 6) is 0. The number of rotatable bonds is 4. The summed E-state index contributed by atoms with van der Waals surface area (Å²) in [7, 11) is -3.38. The average molecular weight is 282 g/mol. The highest BCUT2D eigenvalue weighted by molar-refractivity contribution is 7.89. The molecule has 1 aliphatic heterocycles. The van der Waals surface area contributed by atoms with Crippen LogP contribution in [0.15, 0.2) is 23.1 Å². The minimum atomic E-state index is -3.38. The van der Waals surface area contributed by atoms with Crippen LogP contribution < -0.4 is 10.0 Å². The third kappa shape index (κ3) is 3.78. The fourth-order valence-electron chi connectivity index (χ4n) is 2.08. The Balaban J connectivity index is 2.07. The Kier molecular flexibility index (Phi) is 3.99. The second-order valence-electron chi connectivity index (χ2n) is 6.24. The van der Waals surface area contributed by atoms with Crippen molar-refractivity contribution in [1.29, 1.82) is 0 Å². The Bertz CT molecular complexity index is 559. The minimum Gasteiger partial charge on any atom is -0.309 e. The molecular formula is C14H22N2O2S. The van der Waals surface area contributed by atoms with Crippen LogP contribution in [0.5, 0.6) is 0 Å². The first kappa shape index (κ1) is 14.5. The zero-order valence-electron chi connectivity index (χ0n) is 11.8. The molecule has 0 radical (unpaired) electrons. The lowest BCUT2D eigenvalue weighted by Gasteiger charge is -2.18. The third-order valence-corrected chi connectivity index (χ3v) is 4.74. The van der Waals surface area contributed by atoms with Gasteiger partial charge in [0.25, 0.3) is 0 Å². The van der Waals surface area contributed by atoms with Crippen LogP contribution in [0.3, 0.4) is 0 Å². The zero-order valence-corrected chi connectivity index (χ0v) is 12.6. The summed E-state index contributed by atoms with van der Waals surface area (Å²) < 4.78 is 27.0. The SMILES string of the molecule is CC(C)(C)CCNS(=O)(=O)c1ccc2c(c1)CNC2. The molecule has 0 amide bonds. The van der Waals surface area contributed by atoms with Gasteiger partial charge in [0.1, 0.15) is 0 Å². The van der Waals surface area contributed by atoms with Crippen molar-refractivity contribution in [3.05, 3.63) is 29.3 Å². The van der Waals surface area contributed by atoms with E-state index in [0.29, 0.717) is 11.4 Å². The van der Waals surface area contributed by atoms with E-state index in [4.69, 9.17) is 0 Å². The molecule has 0 saturated heterocycles. The molecule has 0 aromatic heterocycles. The fourth-order valence-corrected chi connectivity index (χ4v) is 3.16. The first-order chi connectivity index (χ1) is 8.78. The van der Waals surface area contributed by atoms with Crippen LogP contribution in [0, 0.1) is 5.41 Å². The van der Waals surface area contributed by atoms with E-state index in [1.807, 2.05) is 6.07 Å². The molecule has 2 N–H and O–H groups in total. The highest BCUT2D eigenvalue weighted by Crippen LogP contribution is 2.21. The first-order valence-corrected chi connectivity index (χ1v) is 8.08. The third-order valence-electron chi connectivity index (χ3n) is 3.29. The molecule has 0 bridgehead atoms. The summed E-state index contributed by atoms with van der Waals surface area (Å²) in [6, 6.07) is 5.35. The normalized spacial score (nSPS) is 15.5. The number of hydrogen-bond donors (Lipinski definition) is 2. The predicted octanol–water partition coefficient (Wildman–Crippen LogP) is 2.00. The van der Waals surface area contributed by atoms with Crippen molar-refractivity contribution in [3.8, 4) is 0 Å². The summed E-state index contributed by atoms with van der Waals surface area (Å²) in [5.41, 5.74) is 2.40. The summed E-state index contributed by atoms with van der Waals surface area (Å²) in [4.78, 5) is 0.365. The second-order valence-corrected chi connectivity index (χ2v) is 8.01. The Hall–Kier alpha value is -0.910. The van der Waals surface area contributed by atoms with Gasteiger partial charge in [0.2, 0.25) is 10.0 Å². The molecule has 1 heterocycles. The maximum absolute atomic E-state index is 12.2. The Morgan fingerprint density at radius 3 is 2.58 bits per heavy atom. The van der Waals surface area contributed by atoms with E-state index in [-0.39, 0.29) is 5.41 Å². The van der Waals surface area contributed by atoms with Crippen LogP contribution in [0.2, 0.25) is 0 Å². The number of benzene rings is 1. The Morgan fingerprint density at radius 2 is 1.89 bits per heavy atom. The summed E-state index contributed by atoms with van der Waals surface area (Å²) in [6.07, 6.45) is 0.818. The molecule has 2 rings (SSSR count). The molecule has 0 fully saturated rings. The van der Waals surface area contributed by atoms with E-state index in [9.17, 15) is 8.42 Å². The predicted molar refractivity (Wildman–Crippen MR) is 76.2 cm³/mol. The van der Waals surface area contributed by atoms with Crippen molar-refractivity contribution in [2.75, 3.05) is 6.54 Å². The van der Waals surface area contributed by atoms with Crippen LogP contribution in [0.1, 0.15) is 38.3 Å². The second kappa shape index (κ2) is 5.23. The van der Waals surface area contributed by atoms with Crippen molar-refractivity contribution in [3.63, 3.8) is 0 Å². The van der Waals surface area contributed by atoms with E-state index < -0.39 is 10.0 Å². The zero-order chi connectivity index (χ0) is 14.1. The van der Waals surface area contributed by atoms with Gasteiger partial charge in [0.05, 0.1) is 4.90 Å². The van der Waals surface area contributed by atoms with Gasteiger partial charge in [0.15, 0.2) is 0 Å². The van der Waals surface area contributed by atoms with Crippen LogP contribution in [0.4, 0.5) is 0 Å². The van der Waals surface area contributed by atoms with Gasteiger partial charge in [-0.2, -0.15) is 0 Å². The van der Waals surface area contributed by atoms with Crippen LogP contribution in [-0.2, 0) is 23.1 Å². The van der Waals surface area contributed by atoms with Crippen molar-refractivity contribution in [2.24, 2.45) is 5.41 Å². The summed E-state index contributed by atoms with van der Waals surface area (Å²) in [6.45, 7) is 8.35. The van der Waals surface area contributed by atoms with E-state index in [2.05, 4.69) is 30.8 Å². The molecule has 0 unspecified atom stereocenters. The van der Waals surface area contributed by atoms with Crippen molar-refractivity contribution in [1.82, 2.24) is 10.0 Å². The van der Waals surface area contributed by atoms with E-state index >= 15 is 0 Å². The van der Waals surface area contributed by atoms with Gasteiger partial charge in [-0.25, -0.2) is 13.1 Å². The number of sulfonamides is 1. The Labute approximate surface area is 115 Å². The quantitative estimate of drug-likeness (QED) is 0.888. The first-order valence-electron chi connectivity index (χ1n) is 6.60. The molecular weight excluding hydrogens is 260 g/mol. The lowest BCUT2D eigenvalue weighted by atomic mass is 9.93. The standard InChI is InChI=1S/C14H22N2O2S/c1-14(2,3)6-7-16-19(17,18)13-5-4-11-9-15-10-12(11)8-13/h4-5,8,15-16H,6-7,9-10H2,1-3H3. The van der Waals surface area contributed by atoms with Crippen molar-refractivity contribution >= 4 is 10.0 Å². The number of hydrogen-bond acceptors (Lipinski definition) is 3. The van der Waals surface area contributed by atoms with Gasteiger partial charge in [0, 0.05) is 19.6 Å². The van der Waals surface area contributed by atoms with Gasteiger partial charge in [-0.15, -0.1) is 0 Å². The molecule has 0 saturated carbocycles. The number of nitrogens with one attached hydrogen (secondary N) is 2. The minimum absolute atomic E-state index is 0.129. The van der Waals surface area contributed by atoms with Gasteiger partial charge in [-0.3, -0.25) is 0 Å². The van der Waals surface area contributed by atoms with Crippen molar-refractivity contribution < 1.29 is 8.42 Å². The average Bonchev–Trinajstić information content (AvgIpc) is 2.73. The smallest absolute Gasteiger partial charge is 0.240 e. The maximum atomic E-state index is 12.2. The monoisotopic (exact) mass is 282 g/mol. The molecule has 106 valence electrons.